The molecule has 3 fully saturated rings. The maximum Gasteiger partial charge on any atom is 0.307 e. The van der Waals surface area contributed by atoms with Crippen LogP contribution in [0.1, 0.15) is 67.2 Å². The lowest BCUT2D eigenvalue weighted by Gasteiger charge is -2.71. The molecule has 9 nitrogen and oxygen atoms in total. The van der Waals surface area contributed by atoms with Crippen molar-refractivity contribution in [3.8, 4) is 0 Å². The van der Waals surface area contributed by atoms with Gasteiger partial charge in [-0.3, -0.25) is 14.4 Å². The Labute approximate surface area is 214 Å². The molecule has 0 aromatic carbocycles. The smallest absolute Gasteiger partial charge is 0.307 e. The van der Waals surface area contributed by atoms with E-state index in [1.807, 2.05) is 32.8 Å². The number of rotatable bonds is 6. The summed E-state index contributed by atoms with van der Waals surface area (Å²) in [7, 11) is 3.68. The standard InChI is InChI=1S/C27H43NO8/c1-10-24(5)15-18(31)27(33)25(6)17(30)11-13-23(3,4)21(25)20(35-19(32)12-14-28(8)9)22(34-16(2)29)26(27,7)36-24/h10,17,20-22,30,33H,1,11-15H2,2-9H3/t17-,20-,21+,22-,24-,25-,26+,27-/m0/s1. The van der Waals surface area contributed by atoms with Gasteiger partial charge in [-0.25, -0.2) is 0 Å². The first-order chi connectivity index (χ1) is 16.4. The van der Waals surface area contributed by atoms with Crippen LogP contribution in [0, 0.1) is 16.7 Å². The van der Waals surface area contributed by atoms with E-state index in [-0.39, 0.29) is 12.8 Å². The molecule has 9 heteroatoms. The number of ketones is 1. The summed E-state index contributed by atoms with van der Waals surface area (Å²) in [5, 5.41) is 24.0. The molecular formula is C27H43NO8. The van der Waals surface area contributed by atoms with E-state index >= 15 is 0 Å². The molecule has 2 saturated carbocycles. The molecule has 36 heavy (non-hydrogen) atoms. The number of fused-ring (bicyclic) bond motifs is 3. The molecule has 0 bridgehead atoms. The molecule has 2 N–H and O–H groups in total. The number of carbonyl (C=O) groups excluding carboxylic acids is 3. The van der Waals surface area contributed by atoms with Gasteiger partial charge in [0, 0.05) is 31.2 Å². The molecule has 2 aliphatic carbocycles. The van der Waals surface area contributed by atoms with Crippen LogP contribution < -0.4 is 0 Å². The van der Waals surface area contributed by atoms with Crippen LogP contribution in [-0.4, -0.2) is 88.6 Å². The number of ether oxygens (including phenoxy) is 3. The van der Waals surface area contributed by atoms with E-state index in [1.54, 1.807) is 13.8 Å². The molecule has 1 aliphatic heterocycles. The van der Waals surface area contributed by atoms with E-state index < -0.39 is 69.6 Å². The Morgan fingerprint density at radius 2 is 1.81 bits per heavy atom. The van der Waals surface area contributed by atoms with Crippen LogP contribution in [0.5, 0.6) is 0 Å². The molecule has 1 heterocycles. The van der Waals surface area contributed by atoms with Gasteiger partial charge in [0.2, 0.25) is 0 Å². The highest BCUT2D eigenvalue weighted by molar-refractivity contribution is 5.92. The molecule has 3 aliphatic rings. The highest BCUT2D eigenvalue weighted by Gasteiger charge is 2.82. The van der Waals surface area contributed by atoms with Crippen molar-refractivity contribution in [3.05, 3.63) is 12.7 Å². The largest absolute Gasteiger partial charge is 0.458 e. The van der Waals surface area contributed by atoms with Crippen molar-refractivity contribution in [2.24, 2.45) is 16.7 Å². The number of esters is 2. The average molecular weight is 510 g/mol. The number of nitrogens with zero attached hydrogens (tertiary/aromatic N) is 1. The van der Waals surface area contributed by atoms with Gasteiger partial charge in [-0.2, -0.15) is 0 Å². The summed E-state index contributed by atoms with van der Waals surface area (Å²) in [6, 6.07) is 0. The number of Topliss-reactive ketones (excluding diaryl/α,β-unsaturated/α-hetero) is 1. The molecule has 204 valence electrons. The third-order valence-electron chi connectivity index (χ3n) is 9.03. The third-order valence-corrected chi connectivity index (χ3v) is 9.03. The molecule has 3 rings (SSSR count). The summed E-state index contributed by atoms with van der Waals surface area (Å²) in [6.45, 7) is 14.2. The Bertz CT molecular complexity index is 933. The first-order valence-electron chi connectivity index (χ1n) is 12.7. The number of hydrogen-bond acceptors (Lipinski definition) is 9. The number of carbonyl (C=O) groups is 3. The fraction of sp³-hybridized carbons (Fsp3) is 0.815. The van der Waals surface area contributed by atoms with Gasteiger partial charge < -0.3 is 29.3 Å². The summed E-state index contributed by atoms with van der Waals surface area (Å²) in [5.41, 5.74) is -7.31. The van der Waals surface area contributed by atoms with Crippen molar-refractivity contribution in [3.63, 3.8) is 0 Å². The molecule has 1 saturated heterocycles. The molecule has 0 aromatic rings. The van der Waals surface area contributed by atoms with Crippen molar-refractivity contribution in [2.75, 3.05) is 20.6 Å². The SMILES string of the molecule is C=C[C@@]1(C)CC(=O)[C@]2(O)[C@]3(C)[C@H]([C@H](OC(=O)CCN(C)C)[C@H](OC(C)=O)[C@@]2(C)O1)C(C)(C)CC[C@@H]3O. The summed E-state index contributed by atoms with van der Waals surface area (Å²) >= 11 is 0. The zero-order valence-corrected chi connectivity index (χ0v) is 22.9. The van der Waals surface area contributed by atoms with E-state index in [0.717, 1.165) is 0 Å². The van der Waals surface area contributed by atoms with Gasteiger partial charge in [0.25, 0.3) is 0 Å². The second-order valence-electron chi connectivity index (χ2n) is 12.4. The van der Waals surface area contributed by atoms with Crippen molar-refractivity contribution in [2.45, 2.75) is 102 Å². The predicted molar refractivity (Wildman–Crippen MR) is 132 cm³/mol. The lowest BCUT2D eigenvalue weighted by Crippen LogP contribution is -2.87. The van der Waals surface area contributed by atoms with Gasteiger partial charge in [0.15, 0.2) is 17.5 Å². The van der Waals surface area contributed by atoms with E-state index in [0.29, 0.717) is 19.4 Å². The highest BCUT2D eigenvalue weighted by Crippen LogP contribution is 2.67. The van der Waals surface area contributed by atoms with Crippen molar-refractivity contribution in [1.29, 1.82) is 0 Å². The zero-order valence-electron chi connectivity index (χ0n) is 22.9. The van der Waals surface area contributed by atoms with E-state index in [4.69, 9.17) is 14.2 Å². The monoisotopic (exact) mass is 509 g/mol. The molecule has 0 aromatic heterocycles. The Kier molecular flexibility index (Phi) is 7.34. The van der Waals surface area contributed by atoms with Gasteiger partial charge in [-0.1, -0.05) is 26.8 Å². The van der Waals surface area contributed by atoms with E-state index in [1.165, 1.54) is 19.9 Å². The van der Waals surface area contributed by atoms with Gasteiger partial charge in [0.05, 0.1) is 18.1 Å². The second-order valence-corrected chi connectivity index (χ2v) is 12.4. The normalized spacial score (nSPS) is 43.8. The lowest BCUT2D eigenvalue weighted by molar-refractivity contribution is -0.371. The fourth-order valence-corrected chi connectivity index (χ4v) is 7.27. The molecule has 0 spiro atoms. The topological polar surface area (TPSA) is 123 Å². The fourth-order valence-electron chi connectivity index (χ4n) is 7.27. The van der Waals surface area contributed by atoms with Crippen LogP contribution in [-0.2, 0) is 28.6 Å². The van der Waals surface area contributed by atoms with Crippen LogP contribution in [0.3, 0.4) is 0 Å². The lowest BCUT2D eigenvalue weighted by atomic mass is 9.39. The van der Waals surface area contributed by atoms with E-state index in [9.17, 15) is 24.6 Å². The van der Waals surface area contributed by atoms with Crippen molar-refractivity contribution >= 4 is 17.7 Å². The quantitative estimate of drug-likeness (QED) is 0.409. The summed E-state index contributed by atoms with van der Waals surface area (Å²) < 4.78 is 18.4. The van der Waals surface area contributed by atoms with Crippen LogP contribution in [0.25, 0.3) is 0 Å². The Morgan fingerprint density at radius 3 is 2.33 bits per heavy atom. The molecule has 0 unspecified atom stereocenters. The molecule has 8 atom stereocenters. The molecule has 0 amide bonds. The number of hydrogen-bond donors (Lipinski definition) is 2. The van der Waals surface area contributed by atoms with Crippen LogP contribution in [0.15, 0.2) is 12.7 Å². The van der Waals surface area contributed by atoms with Gasteiger partial charge >= 0.3 is 11.9 Å². The maximum absolute atomic E-state index is 13.9. The highest BCUT2D eigenvalue weighted by atomic mass is 16.6. The molecular weight excluding hydrogens is 466 g/mol. The third kappa shape index (κ3) is 4.12. The minimum atomic E-state index is -2.24. The summed E-state index contributed by atoms with van der Waals surface area (Å²) in [6.07, 6.45) is -1.19. The van der Waals surface area contributed by atoms with Crippen LogP contribution in [0.4, 0.5) is 0 Å². The number of aliphatic hydroxyl groups excluding tert-OH is 1. The van der Waals surface area contributed by atoms with Gasteiger partial charge in [0.1, 0.15) is 11.7 Å². The maximum atomic E-state index is 13.9. The first kappa shape index (κ1) is 28.8. The average Bonchev–Trinajstić information content (AvgIpc) is 2.75. The Balaban J connectivity index is 2.29. The van der Waals surface area contributed by atoms with Crippen LogP contribution >= 0.6 is 0 Å². The summed E-state index contributed by atoms with van der Waals surface area (Å²) in [4.78, 5) is 41.3. The minimum Gasteiger partial charge on any atom is -0.458 e. The van der Waals surface area contributed by atoms with Crippen molar-refractivity contribution in [1.82, 2.24) is 4.90 Å². The van der Waals surface area contributed by atoms with Crippen molar-refractivity contribution < 1.29 is 38.8 Å². The predicted octanol–water partition coefficient (Wildman–Crippen LogP) is 2.02. The first-order valence-corrected chi connectivity index (χ1v) is 12.7. The second kappa shape index (κ2) is 9.19. The minimum absolute atomic E-state index is 0.0911. The number of aliphatic hydroxyl groups is 2. The zero-order chi connectivity index (χ0) is 27.5. The van der Waals surface area contributed by atoms with Gasteiger partial charge in [-0.15, -0.1) is 6.58 Å². The Hall–Kier alpha value is -1.81. The van der Waals surface area contributed by atoms with Gasteiger partial charge in [-0.05, 0) is 46.2 Å². The summed E-state index contributed by atoms with van der Waals surface area (Å²) in [5.74, 6) is -2.43. The Morgan fingerprint density at radius 1 is 1.19 bits per heavy atom. The van der Waals surface area contributed by atoms with Crippen LogP contribution in [0.2, 0.25) is 0 Å². The molecule has 0 radical (unpaired) electrons. The van der Waals surface area contributed by atoms with E-state index in [2.05, 4.69) is 6.58 Å².